The third-order valence-electron chi connectivity index (χ3n) is 4.69. The lowest BCUT2D eigenvalue weighted by Gasteiger charge is -2.33. The number of hydrogen-bond donors (Lipinski definition) is 1. The Morgan fingerprint density at radius 1 is 1.35 bits per heavy atom. The zero-order valence-electron chi connectivity index (χ0n) is 13.8. The van der Waals surface area contributed by atoms with Crippen molar-refractivity contribution >= 4 is 29.1 Å². The van der Waals surface area contributed by atoms with E-state index in [1.165, 1.54) is 0 Å². The van der Waals surface area contributed by atoms with Gasteiger partial charge in [0.2, 0.25) is 5.91 Å². The maximum atomic E-state index is 12.6. The first-order valence-electron chi connectivity index (χ1n) is 8.13. The molecule has 0 fully saturated rings. The highest BCUT2D eigenvalue weighted by molar-refractivity contribution is 6.30. The van der Waals surface area contributed by atoms with Gasteiger partial charge in [-0.15, -0.1) is 0 Å². The lowest BCUT2D eigenvalue weighted by Crippen LogP contribution is -2.41. The molecule has 1 aliphatic heterocycles. The molecule has 0 radical (unpaired) electrons. The Morgan fingerprint density at radius 3 is 2.73 bits per heavy atom. The van der Waals surface area contributed by atoms with Gasteiger partial charge < -0.3 is 5.32 Å². The second-order valence-corrected chi connectivity index (χ2v) is 6.95. The van der Waals surface area contributed by atoms with Crippen LogP contribution in [0.5, 0.6) is 0 Å². The van der Waals surface area contributed by atoms with Gasteiger partial charge in [0.1, 0.15) is 11.6 Å². The Balaban J connectivity index is 1.78. The standard InChI is InChI=1S/C18H16ClF3N2O2/c1-9-2-3-10-8-11(19)4-5-12(10)15(9)24-17(26)13-6-7-14(18(20,21)22)23-16(13)25/h4-9,13,15H,2-3H2,1H3,(H,24,26). The van der Waals surface area contributed by atoms with E-state index < -0.39 is 29.6 Å². The summed E-state index contributed by atoms with van der Waals surface area (Å²) >= 11 is 6.01. The van der Waals surface area contributed by atoms with Crippen LogP contribution in [0.3, 0.4) is 0 Å². The van der Waals surface area contributed by atoms with Crippen LogP contribution in [0.4, 0.5) is 13.2 Å². The number of alkyl halides is 3. The highest BCUT2D eigenvalue weighted by atomic mass is 35.5. The Morgan fingerprint density at radius 2 is 2.08 bits per heavy atom. The summed E-state index contributed by atoms with van der Waals surface area (Å²) in [5.41, 5.74) is 0.634. The van der Waals surface area contributed by atoms with Crippen LogP contribution in [0.2, 0.25) is 5.02 Å². The van der Waals surface area contributed by atoms with Crippen molar-refractivity contribution in [1.29, 1.82) is 0 Å². The second kappa shape index (κ2) is 6.87. The van der Waals surface area contributed by atoms with Crippen LogP contribution in [-0.2, 0) is 16.0 Å². The number of fused-ring (bicyclic) bond motifs is 1. The van der Waals surface area contributed by atoms with E-state index in [9.17, 15) is 22.8 Å². The average molecular weight is 385 g/mol. The molecule has 3 atom stereocenters. The van der Waals surface area contributed by atoms with Gasteiger partial charge in [0.15, 0.2) is 0 Å². The van der Waals surface area contributed by atoms with Crippen LogP contribution in [-0.4, -0.2) is 23.7 Å². The number of rotatable bonds is 2. The molecule has 8 heteroatoms. The molecule has 2 aliphatic rings. The minimum atomic E-state index is -4.72. The van der Waals surface area contributed by atoms with Gasteiger partial charge in [-0.2, -0.15) is 13.2 Å². The van der Waals surface area contributed by atoms with Crippen molar-refractivity contribution in [3.8, 4) is 0 Å². The van der Waals surface area contributed by atoms with Crippen LogP contribution in [0.15, 0.2) is 35.3 Å². The molecule has 2 amide bonds. The van der Waals surface area contributed by atoms with Gasteiger partial charge in [-0.1, -0.05) is 30.7 Å². The molecule has 0 bridgehead atoms. The van der Waals surface area contributed by atoms with E-state index in [1.807, 2.05) is 19.1 Å². The van der Waals surface area contributed by atoms with E-state index in [1.54, 1.807) is 6.07 Å². The molecule has 3 unspecified atom stereocenters. The molecule has 26 heavy (non-hydrogen) atoms. The third kappa shape index (κ3) is 3.67. The van der Waals surface area contributed by atoms with Crippen molar-refractivity contribution in [2.45, 2.75) is 32.0 Å². The summed E-state index contributed by atoms with van der Waals surface area (Å²) in [4.78, 5) is 27.4. The molecule has 1 aliphatic carbocycles. The first kappa shape index (κ1) is 18.6. The number of dihydropyridines is 1. The van der Waals surface area contributed by atoms with Crippen molar-refractivity contribution in [3.05, 3.63) is 46.5 Å². The Hall–Kier alpha value is -2.15. The van der Waals surface area contributed by atoms with Gasteiger partial charge in [0.05, 0.1) is 6.04 Å². The lowest BCUT2D eigenvalue weighted by atomic mass is 9.80. The van der Waals surface area contributed by atoms with Crippen molar-refractivity contribution in [3.63, 3.8) is 0 Å². The molecular formula is C18H16ClF3N2O2. The lowest BCUT2D eigenvalue weighted by molar-refractivity contribution is -0.132. The van der Waals surface area contributed by atoms with Crippen molar-refractivity contribution in [2.75, 3.05) is 0 Å². The zero-order chi connectivity index (χ0) is 19.1. The number of carbonyl (C=O) groups is 2. The number of allylic oxidation sites excluding steroid dienone is 1. The summed E-state index contributed by atoms with van der Waals surface area (Å²) in [5, 5.41) is 3.39. The minimum absolute atomic E-state index is 0.115. The number of aryl methyl sites for hydroxylation is 1. The molecule has 0 spiro atoms. The van der Waals surface area contributed by atoms with Gasteiger partial charge in [0.25, 0.3) is 5.91 Å². The monoisotopic (exact) mass is 384 g/mol. The Kier molecular flexibility index (Phi) is 4.92. The normalized spacial score (nSPS) is 25.5. The molecule has 1 N–H and O–H groups in total. The molecule has 0 aromatic heterocycles. The SMILES string of the molecule is CC1CCc2cc(Cl)ccc2C1NC(=O)C1C=CC(C(F)(F)F)=NC1=O. The fraction of sp³-hybridized carbons (Fsp3) is 0.389. The van der Waals surface area contributed by atoms with E-state index in [2.05, 4.69) is 10.3 Å². The predicted molar refractivity (Wildman–Crippen MR) is 90.9 cm³/mol. The minimum Gasteiger partial charge on any atom is -0.348 e. The number of carbonyl (C=O) groups excluding carboxylic acids is 2. The van der Waals surface area contributed by atoms with Crippen molar-refractivity contribution in [1.82, 2.24) is 5.32 Å². The highest BCUT2D eigenvalue weighted by Gasteiger charge is 2.39. The van der Waals surface area contributed by atoms with Crippen molar-refractivity contribution in [2.24, 2.45) is 16.8 Å². The maximum absolute atomic E-state index is 12.6. The first-order chi connectivity index (χ1) is 12.2. The number of nitrogens with one attached hydrogen (secondary N) is 1. The fourth-order valence-corrected chi connectivity index (χ4v) is 3.46. The molecule has 3 rings (SSSR count). The molecule has 138 valence electrons. The third-order valence-corrected chi connectivity index (χ3v) is 4.93. The molecule has 1 aromatic carbocycles. The van der Waals surface area contributed by atoms with E-state index in [-0.39, 0.29) is 12.0 Å². The molecular weight excluding hydrogens is 369 g/mol. The van der Waals surface area contributed by atoms with Gasteiger partial charge >= 0.3 is 6.18 Å². The van der Waals surface area contributed by atoms with Gasteiger partial charge in [-0.25, -0.2) is 4.99 Å². The summed E-state index contributed by atoms with van der Waals surface area (Å²) in [7, 11) is 0. The Labute approximate surface area is 153 Å². The second-order valence-electron chi connectivity index (χ2n) is 6.52. The summed E-state index contributed by atoms with van der Waals surface area (Å²) < 4.78 is 37.9. The van der Waals surface area contributed by atoms with Crippen LogP contribution in [0, 0.1) is 11.8 Å². The largest absolute Gasteiger partial charge is 0.433 e. The number of benzene rings is 1. The van der Waals surface area contributed by atoms with Crippen LogP contribution in [0.1, 0.15) is 30.5 Å². The van der Waals surface area contributed by atoms with Crippen LogP contribution in [0.25, 0.3) is 0 Å². The number of hydrogen-bond acceptors (Lipinski definition) is 2. The van der Waals surface area contributed by atoms with Gasteiger partial charge in [0, 0.05) is 5.02 Å². The predicted octanol–water partition coefficient (Wildman–Crippen LogP) is 3.80. The quantitative estimate of drug-likeness (QED) is 0.788. The molecule has 4 nitrogen and oxygen atoms in total. The van der Waals surface area contributed by atoms with Crippen LogP contribution >= 0.6 is 11.6 Å². The van der Waals surface area contributed by atoms with Crippen LogP contribution < -0.4 is 5.32 Å². The number of nitrogens with zero attached hydrogens (tertiary/aromatic N) is 1. The van der Waals surface area contributed by atoms with Crippen molar-refractivity contribution < 1.29 is 22.8 Å². The topological polar surface area (TPSA) is 58.5 Å². The number of aliphatic imine (C=N–C) groups is 1. The number of amides is 2. The molecule has 0 saturated carbocycles. The molecule has 1 heterocycles. The van der Waals surface area contributed by atoms with Gasteiger partial charge in [-0.05, 0) is 48.1 Å². The van der Waals surface area contributed by atoms with E-state index >= 15 is 0 Å². The van der Waals surface area contributed by atoms with E-state index in [0.29, 0.717) is 11.1 Å². The van der Waals surface area contributed by atoms with E-state index in [4.69, 9.17) is 11.6 Å². The highest BCUT2D eigenvalue weighted by Crippen LogP contribution is 2.36. The summed E-state index contributed by atoms with van der Waals surface area (Å²) in [5.74, 6) is -3.01. The number of halogens is 4. The smallest absolute Gasteiger partial charge is 0.348 e. The zero-order valence-corrected chi connectivity index (χ0v) is 14.6. The van der Waals surface area contributed by atoms with E-state index in [0.717, 1.165) is 30.0 Å². The summed E-state index contributed by atoms with van der Waals surface area (Å²) in [6.07, 6.45) is -1.45. The first-order valence-corrected chi connectivity index (χ1v) is 8.51. The maximum Gasteiger partial charge on any atom is 0.433 e. The fourth-order valence-electron chi connectivity index (χ4n) is 3.27. The Bertz CT molecular complexity index is 817. The summed E-state index contributed by atoms with van der Waals surface area (Å²) in [6.45, 7) is 1.97. The average Bonchev–Trinajstić information content (AvgIpc) is 2.56. The molecule has 1 aromatic rings. The summed E-state index contributed by atoms with van der Waals surface area (Å²) in [6, 6.07) is 5.06. The molecule has 0 saturated heterocycles. The van der Waals surface area contributed by atoms with Gasteiger partial charge in [-0.3, -0.25) is 9.59 Å².